The third-order valence-corrected chi connectivity index (χ3v) is 5.26. The second kappa shape index (κ2) is 5.11. The van der Waals surface area contributed by atoms with E-state index in [1.165, 1.54) is 12.8 Å². The van der Waals surface area contributed by atoms with E-state index in [4.69, 9.17) is 0 Å². The summed E-state index contributed by atoms with van der Waals surface area (Å²) in [6.45, 7) is 2.90. The molecular formula is C17H23N3O. The number of nitrogens with zero attached hydrogens (tertiary/aromatic N) is 3. The molecule has 2 aliphatic heterocycles. The van der Waals surface area contributed by atoms with Crippen molar-refractivity contribution in [3.05, 3.63) is 30.5 Å². The van der Waals surface area contributed by atoms with Crippen LogP contribution < -0.4 is 0 Å². The van der Waals surface area contributed by atoms with Crippen molar-refractivity contribution in [2.24, 2.45) is 0 Å². The first-order chi connectivity index (χ1) is 10.3. The van der Waals surface area contributed by atoms with Gasteiger partial charge in [-0.05, 0) is 44.8 Å². The minimum absolute atomic E-state index is 0.308. The van der Waals surface area contributed by atoms with E-state index in [9.17, 15) is 5.11 Å². The molecule has 1 N–H and O–H groups in total. The van der Waals surface area contributed by atoms with E-state index < -0.39 is 5.60 Å². The monoisotopic (exact) mass is 285 g/mol. The van der Waals surface area contributed by atoms with Crippen molar-refractivity contribution < 1.29 is 5.11 Å². The summed E-state index contributed by atoms with van der Waals surface area (Å²) >= 11 is 0. The lowest BCUT2D eigenvalue weighted by molar-refractivity contribution is -0.104. The van der Waals surface area contributed by atoms with Crippen LogP contribution >= 0.6 is 0 Å². The number of fused-ring (bicyclic) bond motifs is 2. The maximum Gasteiger partial charge on any atom is 0.0997 e. The molecule has 4 heteroatoms. The van der Waals surface area contributed by atoms with Crippen molar-refractivity contribution >= 4 is 10.9 Å². The molecule has 2 saturated heterocycles. The maximum absolute atomic E-state index is 11.3. The Labute approximate surface area is 125 Å². The normalized spacial score (nSPS) is 30.4. The molecule has 2 aliphatic rings. The zero-order valence-corrected chi connectivity index (χ0v) is 12.4. The summed E-state index contributed by atoms with van der Waals surface area (Å²) in [5, 5.41) is 17.0. The van der Waals surface area contributed by atoms with Crippen LogP contribution in [0.2, 0.25) is 0 Å². The number of hydrogen-bond acceptors (Lipinski definition) is 3. The Bertz CT molecular complexity index is 636. The molecule has 0 unspecified atom stereocenters. The Morgan fingerprint density at radius 2 is 2.05 bits per heavy atom. The van der Waals surface area contributed by atoms with Crippen molar-refractivity contribution in [1.29, 1.82) is 0 Å². The molecule has 4 rings (SSSR count). The SMILES string of the molecule is O[C@@]1(Cn2ncc3ccccc32)CCCN2CCCC[C@@H]21. The molecule has 21 heavy (non-hydrogen) atoms. The summed E-state index contributed by atoms with van der Waals surface area (Å²) in [5.74, 6) is 0. The highest BCUT2D eigenvalue weighted by Gasteiger charge is 2.44. The molecule has 2 aromatic rings. The standard InChI is InChI=1S/C17H23N3O/c21-17(9-5-11-19-10-4-3-8-16(17)19)13-20-15-7-2-1-6-14(15)12-18-20/h1-2,6-7,12,16,21H,3-5,8-11,13H2/t16-,17-/m1/s1. The second-order valence-electron chi connectivity index (χ2n) is 6.62. The lowest BCUT2D eigenvalue weighted by Gasteiger charge is -2.49. The van der Waals surface area contributed by atoms with E-state index in [-0.39, 0.29) is 0 Å². The van der Waals surface area contributed by atoms with Gasteiger partial charge in [-0.2, -0.15) is 5.10 Å². The summed E-state index contributed by atoms with van der Waals surface area (Å²) in [7, 11) is 0. The quantitative estimate of drug-likeness (QED) is 0.921. The molecule has 2 atom stereocenters. The molecule has 0 amide bonds. The molecule has 0 saturated carbocycles. The molecule has 2 fully saturated rings. The first kappa shape index (κ1) is 13.3. The molecule has 112 valence electrons. The highest BCUT2D eigenvalue weighted by molar-refractivity contribution is 5.78. The Balaban J connectivity index is 1.65. The third kappa shape index (κ3) is 2.27. The van der Waals surface area contributed by atoms with Gasteiger partial charge in [0.2, 0.25) is 0 Å². The molecule has 0 aliphatic carbocycles. The molecule has 3 heterocycles. The predicted octanol–water partition coefficient (Wildman–Crippen LogP) is 2.42. The molecule has 0 bridgehead atoms. The van der Waals surface area contributed by atoms with E-state index in [0.29, 0.717) is 12.6 Å². The summed E-state index contributed by atoms with van der Waals surface area (Å²) in [5.41, 5.74) is 0.492. The Morgan fingerprint density at radius 1 is 1.19 bits per heavy atom. The molecule has 4 nitrogen and oxygen atoms in total. The number of aromatic nitrogens is 2. The smallest absolute Gasteiger partial charge is 0.0997 e. The van der Waals surface area contributed by atoms with Gasteiger partial charge in [-0.25, -0.2) is 0 Å². The minimum Gasteiger partial charge on any atom is -0.386 e. The van der Waals surface area contributed by atoms with Gasteiger partial charge in [-0.1, -0.05) is 24.6 Å². The van der Waals surface area contributed by atoms with E-state index in [0.717, 1.165) is 43.3 Å². The number of rotatable bonds is 2. The van der Waals surface area contributed by atoms with Gasteiger partial charge in [-0.3, -0.25) is 9.58 Å². The topological polar surface area (TPSA) is 41.3 Å². The van der Waals surface area contributed by atoms with Crippen LogP contribution in [0.15, 0.2) is 30.5 Å². The molecule has 0 radical (unpaired) electrons. The van der Waals surface area contributed by atoms with Crippen molar-refractivity contribution in [1.82, 2.24) is 14.7 Å². The van der Waals surface area contributed by atoms with E-state index in [1.807, 2.05) is 23.0 Å². The average molecular weight is 285 g/mol. The van der Waals surface area contributed by atoms with Crippen molar-refractivity contribution in [2.45, 2.75) is 50.3 Å². The summed E-state index contributed by atoms with van der Waals surface area (Å²) in [6.07, 6.45) is 7.52. The minimum atomic E-state index is -0.631. The van der Waals surface area contributed by atoms with Crippen LogP contribution in [0.1, 0.15) is 32.1 Å². The predicted molar refractivity (Wildman–Crippen MR) is 83.1 cm³/mol. The van der Waals surface area contributed by atoms with Crippen LogP contribution in [-0.4, -0.2) is 44.5 Å². The Kier molecular flexibility index (Phi) is 3.23. The fourth-order valence-electron chi connectivity index (χ4n) is 4.22. The van der Waals surface area contributed by atoms with Crippen LogP contribution in [0, 0.1) is 0 Å². The number of hydrogen-bond donors (Lipinski definition) is 1. The Morgan fingerprint density at radius 3 is 3.00 bits per heavy atom. The fourth-order valence-corrected chi connectivity index (χ4v) is 4.22. The van der Waals surface area contributed by atoms with Gasteiger partial charge in [0.05, 0.1) is 23.9 Å². The van der Waals surface area contributed by atoms with Gasteiger partial charge >= 0.3 is 0 Å². The zero-order valence-electron chi connectivity index (χ0n) is 12.4. The van der Waals surface area contributed by atoms with Crippen LogP contribution in [0.5, 0.6) is 0 Å². The number of aliphatic hydroxyl groups is 1. The van der Waals surface area contributed by atoms with Gasteiger partial charge in [0.25, 0.3) is 0 Å². The van der Waals surface area contributed by atoms with Crippen molar-refractivity contribution in [3.8, 4) is 0 Å². The van der Waals surface area contributed by atoms with Crippen LogP contribution in [0.3, 0.4) is 0 Å². The largest absolute Gasteiger partial charge is 0.386 e. The van der Waals surface area contributed by atoms with Crippen molar-refractivity contribution in [3.63, 3.8) is 0 Å². The molecule has 1 aromatic heterocycles. The number of piperidine rings is 2. The lowest BCUT2D eigenvalue weighted by Crippen LogP contribution is -2.60. The maximum atomic E-state index is 11.3. The van der Waals surface area contributed by atoms with Crippen LogP contribution in [0.4, 0.5) is 0 Å². The summed E-state index contributed by atoms with van der Waals surface area (Å²) < 4.78 is 1.99. The van der Waals surface area contributed by atoms with E-state index in [2.05, 4.69) is 22.1 Å². The second-order valence-corrected chi connectivity index (χ2v) is 6.62. The van der Waals surface area contributed by atoms with Crippen LogP contribution in [-0.2, 0) is 6.54 Å². The van der Waals surface area contributed by atoms with Gasteiger partial charge in [-0.15, -0.1) is 0 Å². The Hall–Kier alpha value is -1.39. The number of para-hydroxylation sites is 1. The van der Waals surface area contributed by atoms with Gasteiger partial charge in [0.1, 0.15) is 0 Å². The fraction of sp³-hybridized carbons (Fsp3) is 0.588. The lowest BCUT2D eigenvalue weighted by atomic mass is 9.79. The summed E-state index contributed by atoms with van der Waals surface area (Å²) in [4.78, 5) is 2.50. The first-order valence-electron chi connectivity index (χ1n) is 8.13. The molecule has 0 spiro atoms. The molecular weight excluding hydrogens is 262 g/mol. The zero-order chi connectivity index (χ0) is 14.3. The van der Waals surface area contributed by atoms with E-state index in [1.54, 1.807) is 0 Å². The highest BCUT2D eigenvalue weighted by atomic mass is 16.3. The number of benzene rings is 1. The van der Waals surface area contributed by atoms with E-state index >= 15 is 0 Å². The third-order valence-electron chi connectivity index (χ3n) is 5.26. The van der Waals surface area contributed by atoms with Gasteiger partial charge < -0.3 is 5.11 Å². The average Bonchev–Trinajstić information content (AvgIpc) is 2.91. The first-order valence-corrected chi connectivity index (χ1v) is 8.13. The van der Waals surface area contributed by atoms with Gasteiger partial charge in [0.15, 0.2) is 0 Å². The summed E-state index contributed by atoms with van der Waals surface area (Å²) in [6, 6.07) is 8.55. The van der Waals surface area contributed by atoms with Crippen LogP contribution in [0.25, 0.3) is 10.9 Å². The van der Waals surface area contributed by atoms with Gasteiger partial charge in [0, 0.05) is 11.4 Å². The highest BCUT2D eigenvalue weighted by Crippen LogP contribution is 2.35. The molecule has 1 aromatic carbocycles. The van der Waals surface area contributed by atoms with Crippen molar-refractivity contribution in [2.75, 3.05) is 13.1 Å².